The number of anilines is 1. The molecule has 0 aromatic carbocycles. The molecule has 1 N–H and O–H groups in total. The Kier molecular flexibility index (Phi) is 5.04. The zero-order chi connectivity index (χ0) is 17.2. The van der Waals surface area contributed by atoms with Gasteiger partial charge in [-0.25, -0.2) is 9.97 Å². The molecule has 3 rings (SSSR count). The van der Waals surface area contributed by atoms with Crippen molar-refractivity contribution >= 4 is 11.9 Å². The number of carbonyl (C=O) groups excluding carboxylic acids is 1. The van der Waals surface area contributed by atoms with Gasteiger partial charge in [-0.05, 0) is 51.0 Å². The largest absolute Gasteiger partial charge is 0.396 e. The van der Waals surface area contributed by atoms with E-state index in [0.717, 1.165) is 56.2 Å². The summed E-state index contributed by atoms with van der Waals surface area (Å²) < 4.78 is 0. The maximum absolute atomic E-state index is 12.1. The second-order valence-corrected chi connectivity index (χ2v) is 7.33. The Morgan fingerprint density at radius 3 is 2.46 bits per heavy atom. The van der Waals surface area contributed by atoms with Gasteiger partial charge in [0.1, 0.15) is 0 Å². The number of rotatable bonds is 4. The van der Waals surface area contributed by atoms with Gasteiger partial charge in [0.25, 0.3) is 0 Å². The highest BCUT2D eigenvalue weighted by molar-refractivity contribution is 5.77. The normalized spacial score (nSPS) is 20.7. The standard InChI is InChI=1S/C18H28N4O2/c1-14-12-15(2)20-17(19-14)21-9-6-18(7-10-21)5-4-16(24)22(13-18)8-3-11-23/h12,23H,3-11,13H2,1-2H3. The number of nitrogens with zero attached hydrogens (tertiary/aromatic N) is 4. The molecule has 6 nitrogen and oxygen atoms in total. The number of aromatic nitrogens is 2. The van der Waals surface area contributed by atoms with E-state index >= 15 is 0 Å². The predicted octanol–water partition coefficient (Wildman–Crippen LogP) is 1.68. The van der Waals surface area contributed by atoms with Crippen LogP contribution in [0.3, 0.4) is 0 Å². The molecule has 0 saturated carbocycles. The van der Waals surface area contributed by atoms with Crippen molar-refractivity contribution in [2.45, 2.75) is 46.0 Å². The average Bonchev–Trinajstić information content (AvgIpc) is 2.56. The first-order valence-electron chi connectivity index (χ1n) is 8.97. The number of likely N-dealkylation sites (tertiary alicyclic amines) is 1. The highest BCUT2D eigenvalue weighted by atomic mass is 16.3. The average molecular weight is 332 g/mol. The van der Waals surface area contributed by atoms with Crippen LogP contribution in [0.25, 0.3) is 0 Å². The molecule has 24 heavy (non-hydrogen) atoms. The van der Waals surface area contributed by atoms with Crippen molar-refractivity contribution in [3.8, 4) is 0 Å². The SMILES string of the molecule is Cc1cc(C)nc(N2CCC3(CCC(=O)N(CCCO)C3)CC2)n1. The number of aliphatic hydroxyl groups is 1. The number of hydrogen-bond donors (Lipinski definition) is 1. The summed E-state index contributed by atoms with van der Waals surface area (Å²) in [4.78, 5) is 25.5. The third-order valence-corrected chi connectivity index (χ3v) is 5.41. The van der Waals surface area contributed by atoms with E-state index < -0.39 is 0 Å². The molecule has 2 aliphatic heterocycles. The van der Waals surface area contributed by atoms with Gasteiger partial charge in [-0.3, -0.25) is 4.79 Å². The second-order valence-electron chi connectivity index (χ2n) is 7.33. The lowest BCUT2D eigenvalue weighted by Crippen LogP contribution is -2.52. The molecular formula is C18H28N4O2. The molecule has 132 valence electrons. The van der Waals surface area contributed by atoms with Gasteiger partial charge in [0.2, 0.25) is 11.9 Å². The zero-order valence-electron chi connectivity index (χ0n) is 14.8. The zero-order valence-corrected chi connectivity index (χ0v) is 14.8. The first-order valence-corrected chi connectivity index (χ1v) is 8.97. The van der Waals surface area contributed by atoms with Crippen LogP contribution in [0, 0.1) is 19.3 Å². The monoisotopic (exact) mass is 332 g/mol. The molecular weight excluding hydrogens is 304 g/mol. The van der Waals surface area contributed by atoms with Gasteiger partial charge in [-0.15, -0.1) is 0 Å². The summed E-state index contributed by atoms with van der Waals surface area (Å²) in [5.41, 5.74) is 2.26. The Balaban J connectivity index is 1.64. The number of aryl methyl sites for hydroxylation is 2. The lowest BCUT2D eigenvalue weighted by molar-refractivity contribution is -0.138. The van der Waals surface area contributed by atoms with Crippen LogP contribution in [0.4, 0.5) is 5.95 Å². The molecule has 2 fully saturated rings. The van der Waals surface area contributed by atoms with Gasteiger partial charge in [-0.1, -0.05) is 0 Å². The molecule has 6 heteroatoms. The number of aliphatic hydroxyl groups excluding tert-OH is 1. The van der Waals surface area contributed by atoms with Crippen LogP contribution in [-0.2, 0) is 4.79 Å². The quantitative estimate of drug-likeness (QED) is 0.908. The first kappa shape index (κ1) is 17.1. The summed E-state index contributed by atoms with van der Waals surface area (Å²) in [5, 5.41) is 9.03. The van der Waals surface area contributed by atoms with Gasteiger partial charge in [0.05, 0.1) is 0 Å². The van der Waals surface area contributed by atoms with Gasteiger partial charge in [-0.2, -0.15) is 0 Å². The maximum atomic E-state index is 12.1. The molecule has 1 aromatic rings. The Bertz CT molecular complexity index is 576. The van der Waals surface area contributed by atoms with E-state index in [4.69, 9.17) is 5.11 Å². The minimum atomic E-state index is 0.147. The first-order chi connectivity index (χ1) is 11.5. The smallest absolute Gasteiger partial charge is 0.225 e. The number of piperidine rings is 2. The Morgan fingerprint density at radius 2 is 1.83 bits per heavy atom. The highest BCUT2D eigenvalue weighted by Gasteiger charge is 2.41. The number of carbonyl (C=O) groups is 1. The Hall–Kier alpha value is -1.69. The molecule has 0 aliphatic carbocycles. The molecule has 1 amide bonds. The molecule has 2 saturated heterocycles. The maximum Gasteiger partial charge on any atom is 0.225 e. The van der Waals surface area contributed by atoms with Crippen LogP contribution in [0.1, 0.15) is 43.5 Å². The van der Waals surface area contributed by atoms with E-state index in [0.29, 0.717) is 19.4 Å². The van der Waals surface area contributed by atoms with Crippen molar-refractivity contribution in [1.29, 1.82) is 0 Å². The molecule has 0 bridgehead atoms. The van der Waals surface area contributed by atoms with Gasteiger partial charge in [0.15, 0.2) is 0 Å². The summed E-state index contributed by atoms with van der Waals surface area (Å²) in [6.07, 6.45) is 4.46. The molecule has 2 aliphatic rings. The molecule has 1 spiro atoms. The fourth-order valence-corrected chi connectivity index (χ4v) is 4.01. The van der Waals surface area contributed by atoms with Crippen molar-refractivity contribution < 1.29 is 9.90 Å². The van der Waals surface area contributed by atoms with E-state index in [1.54, 1.807) is 0 Å². The van der Waals surface area contributed by atoms with E-state index in [2.05, 4.69) is 14.9 Å². The third-order valence-electron chi connectivity index (χ3n) is 5.41. The van der Waals surface area contributed by atoms with E-state index in [9.17, 15) is 4.79 Å². The van der Waals surface area contributed by atoms with Crippen LogP contribution < -0.4 is 4.90 Å². The van der Waals surface area contributed by atoms with Crippen molar-refractivity contribution in [3.63, 3.8) is 0 Å². The molecule has 1 aromatic heterocycles. The van der Waals surface area contributed by atoms with Crippen molar-refractivity contribution in [3.05, 3.63) is 17.5 Å². The van der Waals surface area contributed by atoms with E-state index in [-0.39, 0.29) is 17.9 Å². The fraction of sp³-hybridized carbons (Fsp3) is 0.722. The highest BCUT2D eigenvalue weighted by Crippen LogP contribution is 2.40. The number of hydrogen-bond acceptors (Lipinski definition) is 5. The summed E-state index contributed by atoms with van der Waals surface area (Å²) >= 11 is 0. The van der Waals surface area contributed by atoms with Gasteiger partial charge in [0, 0.05) is 50.6 Å². The van der Waals surface area contributed by atoms with Gasteiger partial charge >= 0.3 is 0 Å². The number of amides is 1. The Morgan fingerprint density at radius 1 is 1.17 bits per heavy atom. The van der Waals surface area contributed by atoms with Crippen molar-refractivity contribution in [1.82, 2.24) is 14.9 Å². The lowest BCUT2D eigenvalue weighted by Gasteiger charge is -2.47. The minimum absolute atomic E-state index is 0.147. The van der Waals surface area contributed by atoms with Crippen molar-refractivity contribution in [2.75, 3.05) is 37.7 Å². The predicted molar refractivity (Wildman–Crippen MR) is 92.9 cm³/mol. The second kappa shape index (κ2) is 7.05. The summed E-state index contributed by atoms with van der Waals surface area (Å²) in [5.74, 6) is 1.08. The van der Waals surface area contributed by atoms with E-state index in [1.807, 2.05) is 24.8 Å². The van der Waals surface area contributed by atoms with Gasteiger partial charge < -0.3 is 14.9 Å². The summed E-state index contributed by atoms with van der Waals surface area (Å²) in [6.45, 7) is 7.59. The van der Waals surface area contributed by atoms with Crippen LogP contribution in [-0.4, -0.2) is 58.7 Å². The van der Waals surface area contributed by atoms with E-state index in [1.165, 1.54) is 0 Å². The van der Waals surface area contributed by atoms with Crippen LogP contribution in [0.2, 0.25) is 0 Å². The van der Waals surface area contributed by atoms with Crippen LogP contribution in [0.5, 0.6) is 0 Å². The molecule has 0 unspecified atom stereocenters. The third kappa shape index (κ3) is 3.69. The Labute approximate surface area is 143 Å². The summed E-state index contributed by atoms with van der Waals surface area (Å²) in [7, 11) is 0. The fourth-order valence-electron chi connectivity index (χ4n) is 4.01. The lowest BCUT2D eigenvalue weighted by atomic mass is 9.72. The van der Waals surface area contributed by atoms with Crippen molar-refractivity contribution in [2.24, 2.45) is 5.41 Å². The molecule has 0 atom stereocenters. The minimum Gasteiger partial charge on any atom is -0.396 e. The summed E-state index contributed by atoms with van der Waals surface area (Å²) in [6, 6.07) is 2.00. The van der Waals surface area contributed by atoms with Crippen LogP contribution in [0.15, 0.2) is 6.07 Å². The topological polar surface area (TPSA) is 69.6 Å². The van der Waals surface area contributed by atoms with Crippen LogP contribution >= 0.6 is 0 Å². The molecule has 0 radical (unpaired) electrons. The molecule has 3 heterocycles.